The molecule has 0 aliphatic heterocycles. The van der Waals surface area contributed by atoms with E-state index in [9.17, 15) is 0 Å². The van der Waals surface area contributed by atoms with Gasteiger partial charge in [-0.05, 0) is 0 Å². The van der Waals surface area contributed by atoms with Crippen molar-refractivity contribution in [3.63, 3.8) is 0 Å². The molecule has 2 rings (SSSR count). The van der Waals surface area contributed by atoms with Crippen LogP contribution in [-0.4, -0.2) is 15.1 Å². The molecule has 2 aromatic rings. The first-order chi connectivity index (χ1) is 27.5. The average molecular weight is 812 g/mol. The number of aliphatic imine (C=N–C) groups is 1. The first kappa shape index (κ1) is 50.2. The summed E-state index contributed by atoms with van der Waals surface area (Å²) in [6, 6.07) is 14.1. The predicted molar refractivity (Wildman–Crippen MR) is 248 cm³/mol. The van der Waals surface area contributed by atoms with Gasteiger partial charge in [0.1, 0.15) is 0 Å². The zero-order chi connectivity index (χ0) is 40.5. The van der Waals surface area contributed by atoms with Crippen LogP contribution < -0.4 is 0 Å². The van der Waals surface area contributed by atoms with Gasteiger partial charge < -0.3 is 0 Å². The first-order valence-corrected chi connectivity index (χ1v) is 24.7. The van der Waals surface area contributed by atoms with Crippen molar-refractivity contribution in [2.75, 3.05) is 0 Å². The van der Waals surface area contributed by atoms with Crippen molar-refractivity contribution in [1.82, 2.24) is 0 Å². The molecule has 0 unspecified atom stereocenters. The number of hydrogen-bond donors (Lipinski definition) is 0. The topological polar surface area (TPSA) is 15.4 Å². The fraction of sp³-hybridized carbons (Fsp3) is 0.698. The molecule has 0 N–H and O–H groups in total. The maximum atomic E-state index is 5.99. The summed E-state index contributed by atoms with van der Waals surface area (Å²) in [5, 5.41) is 0. The molecule has 0 amide bonds. The second kappa shape index (κ2) is 33.9. The van der Waals surface area contributed by atoms with Crippen LogP contribution in [0.25, 0.3) is 0 Å². The molecule has 0 aliphatic rings. The van der Waals surface area contributed by atoms with E-state index >= 15 is 0 Å². The number of hydrogen-bond acceptors (Lipinski definition) is 1. The summed E-state index contributed by atoms with van der Waals surface area (Å²) in [4.78, 5) is 5.49. The fourth-order valence-electron chi connectivity index (χ4n) is 7.80. The first-order valence-electron chi connectivity index (χ1n) is 24.3. The Bertz CT molecular complexity index is 1370. The van der Waals surface area contributed by atoms with Crippen molar-refractivity contribution in [1.29, 1.82) is 0 Å². The van der Waals surface area contributed by atoms with Crippen LogP contribution >= 0.6 is 0 Å². The van der Waals surface area contributed by atoms with Gasteiger partial charge in [-0.15, -0.1) is 0 Å². The number of nitrogens with zero attached hydrogens (tertiary/aromatic N) is 2. The molecular weight excluding hydrogens is 723 g/mol. The third kappa shape index (κ3) is 21.7. The predicted octanol–water partition coefficient (Wildman–Crippen LogP) is 17.4. The Morgan fingerprint density at radius 2 is 0.911 bits per heavy atom. The summed E-state index contributed by atoms with van der Waals surface area (Å²) in [6.45, 7) is 13.8. The zero-order valence-corrected chi connectivity index (χ0v) is 38.7. The Labute approximate surface area is 356 Å². The molecule has 0 saturated carbocycles. The van der Waals surface area contributed by atoms with Gasteiger partial charge in [0.05, 0.1) is 0 Å². The summed E-state index contributed by atoms with van der Waals surface area (Å²) in [5.41, 5.74) is 10.4. The quantitative estimate of drug-likeness (QED) is 0.0374. The van der Waals surface area contributed by atoms with E-state index in [1.54, 1.807) is 0 Å². The van der Waals surface area contributed by atoms with Crippen LogP contribution in [0, 0.1) is 0 Å². The average Bonchev–Trinajstić information content (AvgIpc) is 3.22. The van der Waals surface area contributed by atoms with Gasteiger partial charge in [-0.3, -0.25) is 0 Å². The Morgan fingerprint density at radius 3 is 1.41 bits per heavy atom. The number of benzene rings is 2. The molecule has 2 aromatic carbocycles. The minimum absolute atomic E-state index is 0.939. The number of rotatable bonds is 35. The van der Waals surface area contributed by atoms with Crippen LogP contribution in [0.2, 0.25) is 0 Å². The third-order valence-corrected chi connectivity index (χ3v) is 12.1. The van der Waals surface area contributed by atoms with Crippen LogP contribution in [0.4, 0.5) is 11.4 Å². The van der Waals surface area contributed by atoms with Crippen LogP contribution in [0.3, 0.4) is 0 Å². The number of unbranched alkanes of at least 4 members (excludes halogenated alkanes) is 20. The van der Waals surface area contributed by atoms with Gasteiger partial charge >= 0.3 is 300 Å². The molecule has 3 heteroatoms. The van der Waals surface area contributed by atoms with E-state index in [-0.39, 0.29) is 0 Å². The van der Waals surface area contributed by atoms with Crippen molar-refractivity contribution >= 4 is 22.8 Å². The number of aryl methyl sites for hydroxylation is 4. The van der Waals surface area contributed by atoms with Gasteiger partial charge in [-0.1, -0.05) is 58.3 Å². The van der Waals surface area contributed by atoms with E-state index in [2.05, 4.69) is 93.7 Å². The van der Waals surface area contributed by atoms with Gasteiger partial charge in [0.25, 0.3) is 0 Å². The monoisotopic (exact) mass is 811 g/mol. The molecule has 0 aromatic heterocycles. The molecular formula is C53H88N2Ni+. The second-order valence-corrected chi connectivity index (χ2v) is 17.2. The normalized spacial score (nSPS) is 12.6. The molecule has 0 saturated heterocycles. The van der Waals surface area contributed by atoms with E-state index in [1.165, 1.54) is 170 Å². The molecule has 0 heterocycles. The fourth-order valence-corrected chi connectivity index (χ4v) is 8.14. The summed E-state index contributed by atoms with van der Waals surface area (Å²) in [7, 11) is 0. The summed E-state index contributed by atoms with van der Waals surface area (Å²) in [5.74, 6) is 0. The van der Waals surface area contributed by atoms with Crippen LogP contribution in [0.15, 0.2) is 53.5 Å². The standard InChI is InChI=1S/C53H88N2.Ni/c1-7-13-19-20-21-22-23-24-25-26-27-28-29-30-31-32-33-39-53(55-51-43-41-47(35-15-9-3)49(45-51)37-17-11-5)52(38-18-12-6)54-50-42-40-46(34-14-8-2)48(44-50)36-16-10-4;/h33,39-45H,7-32,34-38H2,1-6H3;/q;+1. The summed E-state index contributed by atoms with van der Waals surface area (Å²) >= 11 is 5.99. The maximum absolute atomic E-state index is 5.99. The number of allylic oxidation sites excluding steroid dienone is 2. The van der Waals surface area contributed by atoms with Gasteiger partial charge in [0.2, 0.25) is 0 Å². The molecule has 0 fully saturated rings. The Kier molecular flexibility index (Phi) is 30.4. The third-order valence-electron chi connectivity index (χ3n) is 11.6. The van der Waals surface area contributed by atoms with Crippen molar-refractivity contribution in [2.45, 2.75) is 241 Å². The van der Waals surface area contributed by atoms with E-state index in [0.717, 1.165) is 74.2 Å². The molecule has 319 valence electrons. The molecule has 0 spiro atoms. The van der Waals surface area contributed by atoms with Crippen LogP contribution in [0.5, 0.6) is 0 Å². The van der Waals surface area contributed by atoms with Crippen LogP contribution in [0.1, 0.15) is 237 Å². The summed E-state index contributed by atoms with van der Waals surface area (Å²) < 4.78 is 2.09. The molecule has 2 nitrogen and oxygen atoms in total. The van der Waals surface area contributed by atoms with Gasteiger partial charge in [-0.25, -0.2) is 0 Å². The molecule has 0 bridgehead atoms. The van der Waals surface area contributed by atoms with E-state index < -0.39 is 0 Å². The summed E-state index contributed by atoms with van der Waals surface area (Å²) in [6.07, 6.45) is 44.4. The van der Waals surface area contributed by atoms with E-state index in [4.69, 9.17) is 20.7 Å². The SMILES string of the molecule is CCCCCCCCCCCCCCCCCC=CC(C(CCCC)=Nc1ccc(CCCC)c(CCCC)c1)=[N+]([Ni])c1ccc(CCCC)c(CCCC)c1. The molecule has 56 heavy (non-hydrogen) atoms. The van der Waals surface area contributed by atoms with Crippen molar-refractivity contribution in [3.8, 4) is 0 Å². The molecule has 0 radical (unpaired) electrons. The Balaban J connectivity index is 2.27. The van der Waals surface area contributed by atoms with Gasteiger partial charge in [-0.2, -0.15) is 0 Å². The minimum atomic E-state index is 0.939. The van der Waals surface area contributed by atoms with Crippen molar-refractivity contribution < 1.29 is 19.3 Å². The van der Waals surface area contributed by atoms with Crippen LogP contribution in [-0.2, 0) is 41.4 Å². The van der Waals surface area contributed by atoms with Crippen molar-refractivity contribution in [3.05, 3.63) is 70.8 Å². The van der Waals surface area contributed by atoms with Crippen molar-refractivity contribution in [2.24, 2.45) is 4.99 Å². The Hall–Kier alpha value is -1.99. The van der Waals surface area contributed by atoms with E-state index in [0.29, 0.717) is 0 Å². The Morgan fingerprint density at radius 1 is 0.482 bits per heavy atom. The van der Waals surface area contributed by atoms with Gasteiger partial charge in [0, 0.05) is 0 Å². The van der Waals surface area contributed by atoms with Gasteiger partial charge in [0.15, 0.2) is 0 Å². The zero-order valence-electron chi connectivity index (χ0n) is 37.7. The molecule has 0 aliphatic carbocycles. The second-order valence-electron chi connectivity index (χ2n) is 16.8. The van der Waals surface area contributed by atoms with E-state index in [1.807, 2.05) is 0 Å². The molecule has 0 atom stereocenters.